The maximum absolute atomic E-state index is 6.45. The van der Waals surface area contributed by atoms with E-state index in [4.69, 9.17) is 4.74 Å². The van der Waals surface area contributed by atoms with E-state index in [1.54, 1.807) is 0 Å². The fourth-order valence-electron chi connectivity index (χ4n) is 2.80. The Kier molecular flexibility index (Phi) is 4.14. The van der Waals surface area contributed by atoms with E-state index in [9.17, 15) is 0 Å². The first-order valence-corrected chi connectivity index (χ1v) is 7.42. The summed E-state index contributed by atoms with van der Waals surface area (Å²) in [6.45, 7) is 7.76. The lowest BCUT2D eigenvalue weighted by Gasteiger charge is -2.44. The van der Waals surface area contributed by atoms with Crippen LogP contribution in [0.5, 0.6) is 0 Å². The van der Waals surface area contributed by atoms with Gasteiger partial charge in [0.15, 0.2) is 0 Å². The Balaban J connectivity index is 1.90. The first kappa shape index (κ1) is 13.4. The molecule has 0 saturated heterocycles. The maximum atomic E-state index is 6.45. The molecule has 0 heterocycles. The SMILES string of the molecule is CC(C)(C)NCC1(OC2CCC2)CCCCC1. The van der Waals surface area contributed by atoms with Crippen molar-refractivity contribution in [2.45, 2.75) is 89.4 Å². The third-order valence-electron chi connectivity index (χ3n) is 4.17. The molecule has 0 aromatic carbocycles. The second-order valence-corrected chi connectivity index (χ2v) is 7.02. The molecule has 0 atom stereocenters. The number of hydrogen-bond acceptors (Lipinski definition) is 2. The van der Waals surface area contributed by atoms with Crippen molar-refractivity contribution in [3.05, 3.63) is 0 Å². The Morgan fingerprint density at radius 3 is 2.18 bits per heavy atom. The van der Waals surface area contributed by atoms with E-state index in [-0.39, 0.29) is 11.1 Å². The van der Waals surface area contributed by atoms with Crippen molar-refractivity contribution in [3.8, 4) is 0 Å². The number of rotatable bonds is 4. The second-order valence-electron chi connectivity index (χ2n) is 7.02. The average Bonchev–Trinajstić information content (AvgIpc) is 2.22. The van der Waals surface area contributed by atoms with Crippen molar-refractivity contribution >= 4 is 0 Å². The summed E-state index contributed by atoms with van der Waals surface area (Å²) >= 11 is 0. The minimum Gasteiger partial charge on any atom is -0.370 e. The van der Waals surface area contributed by atoms with E-state index < -0.39 is 0 Å². The molecule has 0 spiro atoms. The van der Waals surface area contributed by atoms with Crippen LogP contribution in [0, 0.1) is 0 Å². The van der Waals surface area contributed by atoms with Gasteiger partial charge in [0.1, 0.15) is 0 Å². The van der Waals surface area contributed by atoms with Crippen LogP contribution in [-0.2, 0) is 4.74 Å². The van der Waals surface area contributed by atoms with Crippen molar-refractivity contribution in [2.75, 3.05) is 6.54 Å². The van der Waals surface area contributed by atoms with Gasteiger partial charge in [0.25, 0.3) is 0 Å². The molecule has 2 fully saturated rings. The monoisotopic (exact) mass is 239 g/mol. The van der Waals surface area contributed by atoms with Gasteiger partial charge in [-0.25, -0.2) is 0 Å². The molecule has 0 aromatic rings. The first-order chi connectivity index (χ1) is 7.99. The van der Waals surface area contributed by atoms with Gasteiger partial charge < -0.3 is 10.1 Å². The largest absolute Gasteiger partial charge is 0.370 e. The van der Waals surface area contributed by atoms with Crippen LogP contribution in [0.1, 0.15) is 72.1 Å². The minimum atomic E-state index is 0.149. The Morgan fingerprint density at radius 2 is 1.71 bits per heavy atom. The van der Waals surface area contributed by atoms with Crippen molar-refractivity contribution in [1.82, 2.24) is 5.32 Å². The summed E-state index contributed by atoms with van der Waals surface area (Å²) in [5, 5.41) is 3.66. The van der Waals surface area contributed by atoms with Crippen molar-refractivity contribution in [2.24, 2.45) is 0 Å². The highest BCUT2D eigenvalue weighted by atomic mass is 16.5. The van der Waals surface area contributed by atoms with E-state index >= 15 is 0 Å². The summed E-state index contributed by atoms with van der Waals surface area (Å²) in [6, 6.07) is 0. The van der Waals surface area contributed by atoms with Gasteiger partial charge in [-0.05, 0) is 52.9 Å². The molecule has 2 aliphatic carbocycles. The molecule has 2 nitrogen and oxygen atoms in total. The summed E-state index contributed by atoms with van der Waals surface area (Å²) in [7, 11) is 0. The fourth-order valence-corrected chi connectivity index (χ4v) is 2.80. The average molecular weight is 239 g/mol. The molecule has 0 aromatic heterocycles. The first-order valence-electron chi connectivity index (χ1n) is 7.42. The number of ether oxygens (including phenoxy) is 1. The smallest absolute Gasteiger partial charge is 0.0810 e. The molecule has 2 saturated carbocycles. The van der Waals surface area contributed by atoms with Gasteiger partial charge >= 0.3 is 0 Å². The summed E-state index contributed by atoms with van der Waals surface area (Å²) in [6.07, 6.45) is 11.1. The summed E-state index contributed by atoms with van der Waals surface area (Å²) in [5.41, 5.74) is 0.351. The third kappa shape index (κ3) is 3.96. The molecule has 2 aliphatic rings. The number of nitrogens with one attached hydrogen (secondary N) is 1. The van der Waals surface area contributed by atoms with Crippen LogP contribution in [-0.4, -0.2) is 23.8 Å². The van der Waals surface area contributed by atoms with Gasteiger partial charge in [0.05, 0.1) is 11.7 Å². The molecule has 17 heavy (non-hydrogen) atoms. The Bertz CT molecular complexity index is 234. The predicted octanol–water partition coefficient (Wildman–Crippen LogP) is 3.65. The molecule has 100 valence electrons. The van der Waals surface area contributed by atoms with E-state index in [0.29, 0.717) is 6.10 Å². The topological polar surface area (TPSA) is 21.3 Å². The van der Waals surface area contributed by atoms with E-state index in [1.165, 1.54) is 51.4 Å². The predicted molar refractivity (Wildman–Crippen MR) is 72.3 cm³/mol. The molecular weight excluding hydrogens is 210 g/mol. The zero-order chi connectivity index (χ0) is 12.4. The van der Waals surface area contributed by atoms with E-state index in [1.807, 2.05) is 0 Å². The lowest BCUT2D eigenvalue weighted by molar-refractivity contribution is -0.137. The molecule has 0 aliphatic heterocycles. The Labute approximate surface area is 107 Å². The van der Waals surface area contributed by atoms with Gasteiger partial charge in [-0.1, -0.05) is 19.3 Å². The normalized spacial score (nSPS) is 25.6. The van der Waals surface area contributed by atoms with Crippen LogP contribution < -0.4 is 5.32 Å². The maximum Gasteiger partial charge on any atom is 0.0810 e. The molecule has 0 unspecified atom stereocenters. The molecule has 1 N–H and O–H groups in total. The number of hydrogen-bond donors (Lipinski definition) is 1. The van der Waals surface area contributed by atoms with Crippen LogP contribution >= 0.6 is 0 Å². The van der Waals surface area contributed by atoms with Crippen LogP contribution in [0.3, 0.4) is 0 Å². The zero-order valence-electron chi connectivity index (χ0n) is 11.8. The van der Waals surface area contributed by atoms with Gasteiger partial charge in [-0.15, -0.1) is 0 Å². The highest BCUT2D eigenvalue weighted by Crippen LogP contribution is 2.36. The minimum absolute atomic E-state index is 0.149. The van der Waals surface area contributed by atoms with Crippen LogP contribution in [0.4, 0.5) is 0 Å². The van der Waals surface area contributed by atoms with E-state index in [0.717, 1.165) is 6.54 Å². The standard InChI is InChI=1S/C15H29NO/c1-14(2,3)16-12-15(10-5-4-6-11-15)17-13-8-7-9-13/h13,16H,4-12H2,1-3H3. The molecular formula is C15H29NO. The highest BCUT2D eigenvalue weighted by molar-refractivity contribution is 4.91. The van der Waals surface area contributed by atoms with Crippen molar-refractivity contribution < 1.29 is 4.74 Å². The summed E-state index contributed by atoms with van der Waals surface area (Å²) < 4.78 is 6.45. The fraction of sp³-hybridized carbons (Fsp3) is 1.00. The van der Waals surface area contributed by atoms with Gasteiger partial charge in [0, 0.05) is 12.1 Å². The van der Waals surface area contributed by atoms with E-state index in [2.05, 4.69) is 26.1 Å². The Hall–Kier alpha value is -0.0800. The van der Waals surface area contributed by atoms with Crippen LogP contribution in [0.25, 0.3) is 0 Å². The molecule has 0 radical (unpaired) electrons. The van der Waals surface area contributed by atoms with Gasteiger partial charge in [-0.2, -0.15) is 0 Å². The summed E-state index contributed by atoms with van der Waals surface area (Å²) in [5.74, 6) is 0. The molecule has 0 amide bonds. The van der Waals surface area contributed by atoms with Crippen LogP contribution in [0.15, 0.2) is 0 Å². The molecule has 0 bridgehead atoms. The molecule has 2 rings (SSSR count). The molecule has 2 heteroatoms. The van der Waals surface area contributed by atoms with Crippen LogP contribution in [0.2, 0.25) is 0 Å². The Morgan fingerprint density at radius 1 is 1.06 bits per heavy atom. The van der Waals surface area contributed by atoms with Crippen molar-refractivity contribution in [1.29, 1.82) is 0 Å². The lowest BCUT2D eigenvalue weighted by Crippen LogP contribution is -2.52. The quantitative estimate of drug-likeness (QED) is 0.808. The zero-order valence-corrected chi connectivity index (χ0v) is 11.8. The lowest BCUT2D eigenvalue weighted by atomic mass is 9.82. The van der Waals surface area contributed by atoms with Crippen molar-refractivity contribution in [3.63, 3.8) is 0 Å². The highest BCUT2D eigenvalue weighted by Gasteiger charge is 2.37. The third-order valence-corrected chi connectivity index (χ3v) is 4.17. The summed E-state index contributed by atoms with van der Waals surface area (Å²) in [4.78, 5) is 0. The second kappa shape index (κ2) is 5.27. The van der Waals surface area contributed by atoms with Gasteiger partial charge in [0.2, 0.25) is 0 Å². The van der Waals surface area contributed by atoms with Gasteiger partial charge in [-0.3, -0.25) is 0 Å².